The molecular weight excluding hydrogens is 364 g/mol. The zero-order valence-electron chi connectivity index (χ0n) is 18.9. The Labute approximate surface area is 182 Å². The van der Waals surface area contributed by atoms with Gasteiger partial charge in [-0.2, -0.15) is 0 Å². The molecule has 0 aromatic heterocycles. The molecule has 0 radical (unpaired) electrons. The average Bonchev–Trinajstić information content (AvgIpc) is 2.79. The second kappa shape index (κ2) is 11.1. The van der Waals surface area contributed by atoms with E-state index in [2.05, 4.69) is 81.4 Å². The highest BCUT2D eigenvalue weighted by Crippen LogP contribution is 2.30. The molecule has 0 aliphatic heterocycles. The number of hydrogen-bond acceptors (Lipinski definition) is 1. The molecule has 0 atom stereocenters. The van der Waals surface area contributed by atoms with Gasteiger partial charge in [0.2, 0.25) is 0 Å². The molecule has 0 amide bonds. The zero-order valence-corrected chi connectivity index (χ0v) is 18.9. The predicted molar refractivity (Wildman–Crippen MR) is 129 cm³/mol. The monoisotopic (exact) mass is 400 g/mol. The van der Waals surface area contributed by atoms with Crippen molar-refractivity contribution in [3.8, 4) is 11.1 Å². The fourth-order valence-electron chi connectivity index (χ4n) is 4.29. The zero-order chi connectivity index (χ0) is 21.3. The van der Waals surface area contributed by atoms with E-state index in [1.54, 1.807) is 0 Å². The lowest BCUT2D eigenvalue weighted by molar-refractivity contribution is 0.299. The van der Waals surface area contributed by atoms with Crippen molar-refractivity contribution in [3.05, 3.63) is 94.0 Å². The lowest BCUT2D eigenvalue weighted by Gasteiger charge is -2.15. The third-order valence-electron chi connectivity index (χ3n) is 6.06. The van der Waals surface area contributed by atoms with Gasteiger partial charge >= 0.3 is 0 Å². The Morgan fingerprint density at radius 2 is 0.967 bits per heavy atom. The van der Waals surface area contributed by atoms with E-state index in [1.807, 2.05) is 0 Å². The summed E-state index contributed by atoms with van der Waals surface area (Å²) in [5, 5.41) is 9.25. The molecule has 3 aromatic rings. The van der Waals surface area contributed by atoms with Gasteiger partial charge in [0.25, 0.3) is 0 Å². The van der Waals surface area contributed by atoms with Crippen LogP contribution in [0.1, 0.15) is 60.6 Å². The van der Waals surface area contributed by atoms with Crippen LogP contribution in [0.4, 0.5) is 0 Å². The second-order valence-electron chi connectivity index (χ2n) is 8.23. The van der Waals surface area contributed by atoms with Crippen molar-refractivity contribution in [3.63, 3.8) is 0 Å². The molecule has 158 valence electrons. The molecule has 3 rings (SSSR count). The summed E-state index contributed by atoms with van der Waals surface area (Å²) in [6.07, 6.45) is 7.31. The fourth-order valence-corrected chi connectivity index (χ4v) is 4.29. The highest BCUT2D eigenvalue weighted by atomic mass is 16.2. The van der Waals surface area contributed by atoms with Gasteiger partial charge in [-0.05, 0) is 83.0 Å². The Kier molecular flexibility index (Phi) is 8.28. The summed E-state index contributed by atoms with van der Waals surface area (Å²) in [6.45, 7) is 6.91. The van der Waals surface area contributed by atoms with Gasteiger partial charge in [0.1, 0.15) is 0 Å². The van der Waals surface area contributed by atoms with Crippen LogP contribution in [0.5, 0.6) is 0 Å². The van der Waals surface area contributed by atoms with E-state index < -0.39 is 0 Å². The first-order valence-electron chi connectivity index (χ1n) is 11.6. The van der Waals surface area contributed by atoms with Crippen LogP contribution >= 0.6 is 0 Å². The molecule has 0 fully saturated rings. The number of aliphatic hydroxyl groups is 1. The van der Waals surface area contributed by atoms with Crippen LogP contribution in [0.2, 0.25) is 0 Å². The molecule has 1 heteroatoms. The first-order valence-corrected chi connectivity index (χ1v) is 11.6. The fraction of sp³-hybridized carbons (Fsp3) is 0.379. The van der Waals surface area contributed by atoms with Gasteiger partial charge in [0, 0.05) is 6.61 Å². The Morgan fingerprint density at radius 3 is 1.43 bits per heavy atom. The molecule has 3 aromatic carbocycles. The average molecular weight is 401 g/mol. The Bertz CT molecular complexity index is 937. The van der Waals surface area contributed by atoms with Crippen LogP contribution in [0.15, 0.2) is 60.7 Å². The van der Waals surface area contributed by atoms with Crippen LogP contribution in [0, 0.1) is 0 Å². The molecule has 0 aliphatic carbocycles. The SMILES string of the molecule is CCCc1ccc(CCc2ccc(-c3ccc(CCO)cc3CC)c(CC)c2)cc1. The highest BCUT2D eigenvalue weighted by molar-refractivity contribution is 5.71. The van der Waals surface area contributed by atoms with Gasteiger partial charge in [-0.25, -0.2) is 0 Å². The van der Waals surface area contributed by atoms with Gasteiger partial charge in [0.05, 0.1) is 0 Å². The largest absolute Gasteiger partial charge is 0.396 e. The summed E-state index contributed by atoms with van der Waals surface area (Å²) in [7, 11) is 0. The Morgan fingerprint density at radius 1 is 0.533 bits per heavy atom. The number of benzene rings is 3. The van der Waals surface area contributed by atoms with E-state index in [9.17, 15) is 5.11 Å². The minimum absolute atomic E-state index is 0.207. The molecule has 0 saturated carbocycles. The van der Waals surface area contributed by atoms with Crippen molar-refractivity contribution in [2.24, 2.45) is 0 Å². The van der Waals surface area contributed by atoms with Gasteiger partial charge in [-0.1, -0.05) is 87.9 Å². The summed E-state index contributed by atoms with van der Waals surface area (Å²) in [5.74, 6) is 0. The maximum absolute atomic E-state index is 9.25. The molecular formula is C29H36O. The topological polar surface area (TPSA) is 20.2 Å². The van der Waals surface area contributed by atoms with E-state index in [0.717, 1.165) is 32.1 Å². The van der Waals surface area contributed by atoms with Crippen LogP contribution in [0.3, 0.4) is 0 Å². The maximum atomic E-state index is 9.25. The summed E-state index contributed by atoms with van der Waals surface area (Å²) in [5.41, 5.74) is 11.0. The van der Waals surface area contributed by atoms with E-state index in [-0.39, 0.29) is 6.61 Å². The van der Waals surface area contributed by atoms with Crippen LogP contribution in [-0.2, 0) is 38.5 Å². The minimum Gasteiger partial charge on any atom is -0.396 e. The van der Waals surface area contributed by atoms with Crippen molar-refractivity contribution in [2.75, 3.05) is 6.61 Å². The van der Waals surface area contributed by atoms with E-state index in [1.165, 1.54) is 57.3 Å². The highest BCUT2D eigenvalue weighted by Gasteiger charge is 2.10. The smallest absolute Gasteiger partial charge is 0.0471 e. The summed E-state index contributed by atoms with van der Waals surface area (Å²) >= 11 is 0. The first-order chi connectivity index (χ1) is 14.7. The van der Waals surface area contributed by atoms with Crippen LogP contribution in [-0.4, -0.2) is 11.7 Å². The Hall–Kier alpha value is -2.38. The normalized spacial score (nSPS) is 11.1. The standard InChI is InChI=1S/C29H36O/c1-4-7-22-8-10-23(11-9-22)12-13-24-14-16-28(26(5-2)20-24)29-17-15-25(18-19-30)21-27(29)6-3/h8-11,14-17,20-21,30H,4-7,12-13,18-19H2,1-3H3. The maximum Gasteiger partial charge on any atom is 0.0471 e. The first kappa shape index (κ1) is 22.3. The lowest BCUT2D eigenvalue weighted by Crippen LogP contribution is -1.98. The molecule has 0 spiro atoms. The minimum atomic E-state index is 0.207. The molecule has 0 saturated heterocycles. The third-order valence-corrected chi connectivity index (χ3v) is 6.06. The van der Waals surface area contributed by atoms with E-state index in [0.29, 0.717) is 0 Å². The molecule has 30 heavy (non-hydrogen) atoms. The molecule has 0 unspecified atom stereocenters. The van der Waals surface area contributed by atoms with Crippen LogP contribution < -0.4 is 0 Å². The van der Waals surface area contributed by atoms with Crippen molar-refractivity contribution < 1.29 is 5.11 Å². The molecule has 1 N–H and O–H groups in total. The molecule has 0 aliphatic rings. The van der Waals surface area contributed by atoms with Gasteiger partial charge in [-0.3, -0.25) is 0 Å². The molecule has 0 bridgehead atoms. The lowest BCUT2D eigenvalue weighted by atomic mass is 9.89. The van der Waals surface area contributed by atoms with Crippen molar-refractivity contribution in [2.45, 2.75) is 65.7 Å². The van der Waals surface area contributed by atoms with Crippen molar-refractivity contribution in [1.29, 1.82) is 0 Å². The van der Waals surface area contributed by atoms with Gasteiger partial charge in [-0.15, -0.1) is 0 Å². The summed E-state index contributed by atoms with van der Waals surface area (Å²) in [6, 6.07) is 22.9. The number of aliphatic hydroxyl groups excluding tert-OH is 1. The molecule has 1 nitrogen and oxygen atoms in total. The van der Waals surface area contributed by atoms with Gasteiger partial charge in [0.15, 0.2) is 0 Å². The predicted octanol–water partition coefficient (Wildman–Crippen LogP) is 6.75. The summed E-state index contributed by atoms with van der Waals surface area (Å²) in [4.78, 5) is 0. The van der Waals surface area contributed by atoms with Crippen LogP contribution in [0.25, 0.3) is 11.1 Å². The van der Waals surface area contributed by atoms with Crippen molar-refractivity contribution in [1.82, 2.24) is 0 Å². The quantitative estimate of drug-likeness (QED) is 0.399. The number of hydrogen-bond donors (Lipinski definition) is 1. The van der Waals surface area contributed by atoms with E-state index >= 15 is 0 Å². The van der Waals surface area contributed by atoms with E-state index in [4.69, 9.17) is 0 Å². The number of rotatable bonds is 10. The molecule has 0 heterocycles. The Balaban J connectivity index is 1.78. The second-order valence-corrected chi connectivity index (χ2v) is 8.23. The van der Waals surface area contributed by atoms with Gasteiger partial charge < -0.3 is 5.11 Å². The summed E-state index contributed by atoms with van der Waals surface area (Å²) < 4.78 is 0. The number of aryl methyl sites for hydroxylation is 5. The van der Waals surface area contributed by atoms with Crippen molar-refractivity contribution >= 4 is 0 Å². The third kappa shape index (κ3) is 5.61.